The van der Waals surface area contributed by atoms with Crippen LogP contribution in [-0.2, 0) is 0 Å². The first-order valence-corrected chi connectivity index (χ1v) is 9.09. The normalized spacial score (nSPS) is 10.9. The quantitative estimate of drug-likeness (QED) is 0.420. The smallest absolute Gasteiger partial charge is 0.210 e. The van der Waals surface area contributed by atoms with Gasteiger partial charge < -0.3 is 10.6 Å². The molecular formula is C16H18N4OS2. The molecule has 0 saturated carbocycles. The number of hydrogen-bond donors (Lipinski definition) is 1. The fourth-order valence-electron chi connectivity index (χ4n) is 2.25. The minimum atomic E-state index is 0.595. The maximum Gasteiger partial charge on any atom is 0.210 e. The average Bonchev–Trinajstić information content (AvgIpc) is 3.16. The van der Waals surface area contributed by atoms with Crippen molar-refractivity contribution in [3.63, 3.8) is 0 Å². The molecule has 23 heavy (non-hydrogen) atoms. The number of nitrogens with two attached hydrogens (primary N) is 1. The lowest BCUT2D eigenvalue weighted by Crippen LogP contribution is -2.12. The third kappa shape index (κ3) is 3.51. The van der Waals surface area contributed by atoms with Gasteiger partial charge in [-0.2, -0.15) is 0 Å². The van der Waals surface area contributed by atoms with E-state index in [1.165, 1.54) is 4.68 Å². The lowest BCUT2D eigenvalue weighted by Gasteiger charge is -2.11. The fraction of sp³-hybridized carbons (Fsp3) is 0.250. The number of benzene rings is 1. The molecular weight excluding hydrogens is 328 g/mol. The molecule has 0 radical (unpaired) electrons. The van der Waals surface area contributed by atoms with Crippen LogP contribution in [0.5, 0.6) is 5.75 Å². The summed E-state index contributed by atoms with van der Waals surface area (Å²) in [4.78, 5) is 1.01. The SMILES string of the molecule is Cc1cccc(C)c1OCCSc1nnc(-c2cccs2)n1N. The molecule has 7 heteroatoms. The van der Waals surface area contributed by atoms with Gasteiger partial charge in [-0.05, 0) is 36.4 Å². The van der Waals surface area contributed by atoms with Crippen LogP contribution >= 0.6 is 23.1 Å². The Balaban J connectivity index is 1.58. The highest BCUT2D eigenvalue weighted by Gasteiger charge is 2.12. The maximum atomic E-state index is 6.07. The summed E-state index contributed by atoms with van der Waals surface area (Å²) in [5.74, 6) is 8.48. The van der Waals surface area contributed by atoms with Gasteiger partial charge in [0.2, 0.25) is 5.16 Å². The van der Waals surface area contributed by atoms with Gasteiger partial charge in [-0.25, -0.2) is 4.68 Å². The molecule has 0 aliphatic rings. The monoisotopic (exact) mass is 346 g/mol. The van der Waals surface area contributed by atoms with Gasteiger partial charge in [0.05, 0.1) is 11.5 Å². The number of rotatable bonds is 6. The highest BCUT2D eigenvalue weighted by Crippen LogP contribution is 2.26. The van der Waals surface area contributed by atoms with Crippen LogP contribution in [0.1, 0.15) is 11.1 Å². The third-order valence-corrected chi connectivity index (χ3v) is 5.15. The number of ether oxygens (including phenoxy) is 1. The Bertz CT molecular complexity index is 763. The number of para-hydroxylation sites is 1. The number of hydrogen-bond acceptors (Lipinski definition) is 6. The summed E-state index contributed by atoms with van der Waals surface area (Å²) in [6.45, 7) is 4.70. The minimum absolute atomic E-state index is 0.595. The molecule has 0 unspecified atom stereocenters. The zero-order chi connectivity index (χ0) is 16.2. The molecule has 0 bridgehead atoms. The number of thioether (sulfide) groups is 1. The van der Waals surface area contributed by atoms with Gasteiger partial charge in [-0.1, -0.05) is 36.0 Å². The predicted molar refractivity (Wildman–Crippen MR) is 95.6 cm³/mol. The second kappa shape index (κ2) is 7.06. The van der Waals surface area contributed by atoms with Crippen molar-refractivity contribution in [3.8, 4) is 16.5 Å². The van der Waals surface area contributed by atoms with E-state index in [1.807, 2.05) is 23.6 Å². The fourth-order valence-corrected chi connectivity index (χ4v) is 3.63. The summed E-state index contributed by atoms with van der Waals surface area (Å²) >= 11 is 3.14. The van der Waals surface area contributed by atoms with Gasteiger partial charge in [0, 0.05) is 5.75 Å². The molecule has 0 saturated heterocycles. The van der Waals surface area contributed by atoms with E-state index >= 15 is 0 Å². The van der Waals surface area contributed by atoms with E-state index in [-0.39, 0.29) is 0 Å². The first-order valence-electron chi connectivity index (χ1n) is 7.23. The third-order valence-electron chi connectivity index (χ3n) is 3.38. The highest BCUT2D eigenvalue weighted by molar-refractivity contribution is 7.99. The molecule has 1 aromatic carbocycles. The van der Waals surface area contributed by atoms with Crippen LogP contribution in [-0.4, -0.2) is 27.2 Å². The molecule has 0 amide bonds. The van der Waals surface area contributed by atoms with E-state index < -0.39 is 0 Å². The average molecular weight is 346 g/mol. The van der Waals surface area contributed by atoms with Crippen molar-refractivity contribution in [2.45, 2.75) is 19.0 Å². The maximum absolute atomic E-state index is 6.07. The molecule has 120 valence electrons. The summed E-state index contributed by atoms with van der Waals surface area (Å²) < 4.78 is 7.43. The molecule has 0 spiro atoms. The Morgan fingerprint density at radius 1 is 1.17 bits per heavy atom. The first kappa shape index (κ1) is 15.9. The van der Waals surface area contributed by atoms with Crippen LogP contribution in [0.15, 0.2) is 40.9 Å². The van der Waals surface area contributed by atoms with E-state index in [0.29, 0.717) is 17.6 Å². The molecule has 3 rings (SSSR count). The summed E-state index contributed by atoms with van der Waals surface area (Å²) in [6.07, 6.45) is 0. The first-order chi connectivity index (χ1) is 11.2. The van der Waals surface area contributed by atoms with Gasteiger partial charge in [0.15, 0.2) is 5.82 Å². The highest BCUT2D eigenvalue weighted by atomic mass is 32.2. The topological polar surface area (TPSA) is 66.0 Å². The van der Waals surface area contributed by atoms with Gasteiger partial charge >= 0.3 is 0 Å². The summed E-state index contributed by atoms with van der Waals surface area (Å²) in [7, 11) is 0. The number of aromatic nitrogens is 3. The van der Waals surface area contributed by atoms with Crippen molar-refractivity contribution in [2.75, 3.05) is 18.2 Å². The summed E-state index contributed by atoms with van der Waals surface area (Å²) in [6, 6.07) is 10.1. The summed E-state index contributed by atoms with van der Waals surface area (Å²) in [5, 5.41) is 11.0. The molecule has 2 heterocycles. The zero-order valence-corrected chi connectivity index (χ0v) is 14.7. The van der Waals surface area contributed by atoms with Crippen LogP contribution in [0.2, 0.25) is 0 Å². The number of nitrogen functional groups attached to an aromatic ring is 1. The molecule has 2 aromatic heterocycles. The molecule has 2 N–H and O–H groups in total. The van der Waals surface area contributed by atoms with Gasteiger partial charge in [0.1, 0.15) is 5.75 Å². The van der Waals surface area contributed by atoms with Crippen molar-refractivity contribution >= 4 is 23.1 Å². The lowest BCUT2D eigenvalue weighted by molar-refractivity contribution is 0.339. The van der Waals surface area contributed by atoms with Crippen molar-refractivity contribution in [3.05, 3.63) is 46.8 Å². The second-order valence-electron chi connectivity index (χ2n) is 5.07. The number of nitrogens with zero attached hydrogens (tertiary/aromatic N) is 3. The van der Waals surface area contributed by atoms with Gasteiger partial charge in [0.25, 0.3) is 0 Å². The molecule has 0 fully saturated rings. The van der Waals surface area contributed by atoms with Crippen LogP contribution in [0.25, 0.3) is 10.7 Å². The Hall–Kier alpha value is -1.99. The summed E-state index contributed by atoms with van der Waals surface area (Å²) in [5.41, 5.74) is 2.30. The van der Waals surface area contributed by atoms with E-state index in [1.54, 1.807) is 23.1 Å². The molecule has 5 nitrogen and oxygen atoms in total. The van der Waals surface area contributed by atoms with Crippen LogP contribution < -0.4 is 10.6 Å². The number of thiophene rings is 1. The molecule has 0 aliphatic heterocycles. The van der Waals surface area contributed by atoms with Crippen molar-refractivity contribution in [2.24, 2.45) is 0 Å². The Morgan fingerprint density at radius 3 is 2.65 bits per heavy atom. The van der Waals surface area contributed by atoms with Crippen molar-refractivity contribution in [1.82, 2.24) is 14.9 Å². The minimum Gasteiger partial charge on any atom is -0.492 e. The van der Waals surface area contributed by atoms with E-state index in [4.69, 9.17) is 10.6 Å². The van der Waals surface area contributed by atoms with Gasteiger partial charge in [-0.15, -0.1) is 21.5 Å². The second-order valence-corrected chi connectivity index (χ2v) is 7.08. The molecule has 3 aromatic rings. The Morgan fingerprint density at radius 2 is 1.96 bits per heavy atom. The van der Waals surface area contributed by atoms with E-state index in [9.17, 15) is 0 Å². The van der Waals surface area contributed by atoms with E-state index in [0.717, 1.165) is 27.5 Å². The zero-order valence-electron chi connectivity index (χ0n) is 13.0. The lowest BCUT2D eigenvalue weighted by atomic mass is 10.1. The Kier molecular flexibility index (Phi) is 4.88. The van der Waals surface area contributed by atoms with Gasteiger partial charge in [-0.3, -0.25) is 0 Å². The standard InChI is InChI=1S/C16H18N4OS2/c1-11-5-3-6-12(2)14(11)21-8-10-23-16-19-18-15(20(16)17)13-7-4-9-22-13/h3-7,9H,8,10,17H2,1-2H3. The van der Waals surface area contributed by atoms with Crippen LogP contribution in [0.4, 0.5) is 0 Å². The predicted octanol–water partition coefficient (Wildman–Crippen LogP) is 3.51. The number of aryl methyl sites for hydroxylation is 2. The Labute approximate surface area is 143 Å². The largest absolute Gasteiger partial charge is 0.492 e. The van der Waals surface area contributed by atoms with Crippen molar-refractivity contribution in [1.29, 1.82) is 0 Å². The van der Waals surface area contributed by atoms with Crippen molar-refractivity contribution < 1.29 is 4.74 Å². The molecule has 0 atom stereocenters. The molecule has 0 aliphatic carbocycles. The van der Waals surface area contributed by atoms with Crippen LogP contribution in [0, 0.1) is 13.8 Å². The van der Waals surface area contributed by atoms with Crippen LogP contribution in [0.3, 0.4) is 0 Å². The van der Waals surface area contributed by atoms with E-state index in [2.05, 4.69) is 36.2 Å².